The van der Waals surface area contributed by atoms with Crippen molar-refractivity contribution >= 4 is 23.8 Å². The van der Waals surface area contributed by atoms with E-state index in [9.17, 15) is 14.4 Å². The van der Waals surface area contributed by atoms with Crippen LogP contribution in [0, 0.1) is 0 Å². The summed E-state index contributed by atoms with van der Waals surface area (Å²) in [6.07, 6.45) is 2.49. The monoisotopic (exact) mass is 465 g/mol. The van der Waals surface area contributed by atoms with E-state index < -0.39 is 0 Å². The molecule has 1 aromatic rings. The molecule has 1 saturated heterocycles. The molecule has 0 saturated carbocycles. The van der Waals surface area contributed by atoms with Crippen LogP contribution in [0.25, 0.3) is 0 Å². The van der Waals surface area contributed by atoms with Crippen molar-refractivity contribution < 1.29 is 14.3 Å². The minimum Gasteiger partial charge on any atom is -0.450 e. The number of hydrogen-bond acceptors (Lipinski definition) is 7. The smallest absolute Gasteiger partial charge is 0.409 e. The van der Waals surface area contributed by atoms with E-state index in [4.69, 9.17) is 4.74 Å². The van der Waals surface area contributed by atoms with Crippen LogP contribution in [0.4, 0.5) is 4.79 Å². The fourth-order valence-electron chi connectivity index (χ4n) is 4.29. The van der Waals surface area contributed by atoms with Gasteiger partial charge in [0, 0.05) is 50.5 Å². The Kier molecular flexibility index (Phi) is 8.98. The van der Waals surface area contributed by atoms with Gasteiger partial charge in [-0.2, -0.15) is 4.98 Å². The Bertz CT molecular complexity index is 863. The summed E-state index contributed by atoms with van der Waals surface area (Å²) in [6, 6.07) is 0. The number of ether oxygens (including phenoxy) is 1. The summed E-state index contributed by atoms with van der Waals surface area (Å²) in [5, 5.41) is 0.708. The first-order valence-corrected chi connectivity index (χ1v) is 12.6. The van der Waals surface area contributed by atoms with Crippen LogP contribution in [-0.2, 0) is 28.9 Å². The molecule has 1 aliphatic carbocycles. The Morgan fingerprint density at radius 1 is 1.06 bits per heavy atom. The lowest BCUT2D eigenvalue weighted by molar-refractivity contribution is -0.129. The van der Waals surface area contributed by atoms with Gasteiger partial charge in [-0.1, -0.05) is 25.6 Å². The Morgan fingerprint density at radius 2 is 1.75 bits per heavy atom. The summed E-state index contributed by atoms with van der Waals surface area (Å²) < 4.78 is 6.86. The van der Waals surface area contributed by atoms with Crippen molar-refractivity contribution in [3.63, 3.8) is 0 Å². The number of nitrogens with zero attached hydrogens (tertiary/aromatic N) is 5. The standard InChI is InChI=1S/C22H35N5O4S/c1-4-24(5-2)10-15-27-18-9-7-8-17(18)20(23-21(27)29)32-16-19(28)25-11-13-26(14-12-25)22(30)31-6-3/h4-16H2,1-3H3. The number of piperazine rings is 1. The number of amides is 2. The Morgan fingerprint density at radius 3 is 2.41 bits per heavy atom. The zero-order valence-corrected chi connectivity index (χ0v) is 20.3. The molecule has 2 aliphatic rings. The Labute approximate surface area is 194 Å². The van der Waals surface area contributed by atoms with Crippen LogP contribution in [0.2, 0.25) is 0 Å². The molecule has 178 valence electrons. The summed E-state index contributed by atoms with van der Waals surface area (Å²) in [4.78, 5) is 47.4. The zero-order chi connectivity index (χ0) is 23.1. The molecule has 9 nitrogen and oxygen atoms in total. The van der Waals surface area contributed by atoms with Gasteiger partial charge in [-0.15, -0.1) is 0 Å². The molecule has 0 spiro atoms. The van der Waals surface area contributed by atoms with E-state index in [1.54, 1.807) is 16.7 Å². The number of fused-ring (bicyclic) bond motifs is 1. The molecule has 1 aliphatic heterocycles. The molecule has 32 heavy (non-hydrogen) atoms. The lowest BCUT2D eigenvalue weighted by atomic mass is 10.2. The van der Waals surface area contributed by atoms with E-state index in [-0.39, 0.29) is 23.4 Å². The number of thioether (sulfide) groups is 1. The van der Waals surface area contributed by atoms with Gasteiger partial charge in [0.05, 0.1) is 12.4 Å². The molecular formula is C22H35N5O4S. The molecule has 0 aromatic carbocycles. The lowest BCUT2D eigenvalue weighted by Gasteiger charge is -2.34. The lowest BCUT2D eigenvalue weighted by Crippen LogP contribution is -2.51. The molecule has 10 heteroatoms. The third-order valence-corrected chi connectivity index (χ3v) is 7.23. The second kappa shape index (κ2) is 11.7. The van der Waals surface area contributed by atoms with Crippen LogP contribution in [0.5, 0.6) is 0 Å². The number of aromatic nitrogens is 2. The summed E-state index contributed by atoms with van der Waals surface area (Å²) >= 11 is 1.37. The molecule has 1 aromatic heterocycles. The maximum absolute atomic E-state index is 12.8. The van der Waals surface area contributed by atoms with E-state index in [1.165, 1.54) is 11.8 Å². The largest absolute Gasteiger partial charge is 0.450 e. The van der Waals surface area contributed by atoms with E-state index in [0.717, 1.165) is 50.2 Å². The first-order valence-electron chi connectivity index (χ1n) is 11.7. The Balaban J connectivity index is 1.59. The number of hydrogen-bond donors (Lipinski definition) is 0. The first-order chi connectivity index (χ1) is 15.5. The van der Waals surface area contributed by atoms with Gasteiger partial charge in [-0.25, -0.2) is 9.59 Å². The summed E-state index contributed by atoms with van der Waals surface area (Å²) in [6.45, 7) is 11.8. The van der Waals surface area contributed by atoms with Gasteiger partial charge in [0.1, 0.15) is 5.03 Å². The predicted molar refractivity (Wildman–Crippen MR) is 124 cm³/mol. The summed E-state index contributed by atoms with van der Waals surface area (Å²) in [5.74, 6) is 0.264. The van der Waals surface area contributed by atoms with E-state index in [0.29, 0.717) is 44.4 Å². The van der Waals surface area contributed by atoms with Gasteiger partial charge in [0.25, 0.3) is 0 Å². The molecule has 0 bridgehead atoms. The molecular weight excluding hydrogens is 430 g/mol. The van der Waals surface area contributed by atoms with Gasteiger partial charge in [-0.3, -0.25) is 9.36 Å². The maximum Gasteiger partial charge on any atom is 0.409 e. The average Bonchev–Trinajstić information content (AvgIpc) is 3.29. The first kappa shape index (κ1) is 24.6. The molecule has 0 unspecified atom stereocenters. The van der Waals surface area contributed by atoms with Gasteiger partial charge in [0.2, 0.25) is 5.91 Å². The zero-order valence-electron chi connectivity index (χ0n) is 19.5. The molecule has 0 N–H and O–H groups in total. The fourth-order valence-corrected chi connectivity index (χ4v) is 5.27. The number of carbonyl (C=O) groups is 2. The van der Waals surface area contributed by atoms with Crippen LogP contribution in [-0.4, -0.2) is 94.4 Å². The third kappa shape index (κ3) is 5.83. The van der Waals surface area contributed by atoms with Gasteiger partial charge >= 0.3 is 11.8 Å². The van der Waals surface area contributed by atoms with Crippen LogP contribution in [0.1, 0.15) is 38.4 Å². The van der Waals surface area contributed by atoms with Crippen LogP contribution >= 0.6 is 11.8 Å². The van der Waals surface area contributed by atoms with E-state index >= 15 is 0 Å². The molecule has 0 radical (unpaired) electrons. The second-order valence-electron chi connectivity index (χ2n) is 8.01. The molecule has 3 rings (SSSR count). The highest BCUT2D eigenvalue weighted by molar-refractivity contribution is 7.99. The average molecular weight is 466 g/mol. The third-order valence-electron chi connectivity index (χ3n) is 6.23. The number of rotatable bonds is 9. The highest BCUT2D eigenvalue weighted by Crippen LogP contribution is 2.29. The van der Waals surface area contributed by atoms with Crippen molar-refractivity contribution in [2.75, 3.05) is 58.2 Å². The molecule has 0 atom stereocenters. The molecule has 1 fully saturated rings. The van der Waals surface area contributed by atoms with Gasteiger partial charge in [0.15, 0.2) is 0 Å². The van der Waals surface area contributed by atoms with Crippen molar-refractivity contribution in [2.45, 2.75) is 51.6 Å². The van der Waals surface area contributed by atoms with Crippen molar-refractivity contribution in [3.8, 4) is 0 Å². The SMILES string of the molecule is CCOC(=O)N1CCN(C(=O)CSc2nc(=O)n(CCN(CC)CC)c3c2CCC3)CC1. The normalized spacial score (nSPS) is 15.9. The molecule has 2 amide bonds. The topological polar surface area (TPSA) is 88.0 Å². The van der Waals surface area contributed by atoms with Crippen LogP contribution in [0.15, 0.2) is 9.82 Å². The van der Waals surface area contributed by atoms with Crippen molar-refractivity contribution in [2.24, 2.45) is 0 Å². The van der Waals surface area contributed by atoms with Crippen LogP contribution < -0.4 is 5.69 Å². The fraction of sp³-hybridized carbons (Fsp3) is 0.727. The van der Waals surface area contributed by atoms with E-state index in [1.807, 2.05) is 4.57 Å². The number of likely N-dealkylation sites (N-methyl/N-ethyl adjacent to an activating group) is 1. The maximum atomic E-state index is 12.8. The summed E-state index contributed by atoms with van der Waals surface area (Å²) in [5.41, 5.74) is 2.01. The minimum atomic E-state index is -0.324. The van der Waals surface area contributed by atoms with Crippen LogP contribution in [0.3, 0.4) is 0 Å². The minimum absolute atomic E-state index is 0.0118. The highest BCUT2D eigenvalue weighted by Gasteiger charge is 2.26. The number of carbonyl (C=O) groups excluding carboxylic acids is 2. The molecule has 2 heterocycles. The quantitative estimate of drug-likeness (QED) is 0.403. The Hall–Kier alpha value is -2.07. The van der Waals surface area contributed by atoms with Crippen molar-refractivity contribution in [1.82, 2.24) is 24.3 Å². The highest BCUT2D eigenvalue weighted by atomic mass is 32.2. The van der Waals surface area contributed by atoms with Gasteiger partial charge < -0.3 is 19.4 Å². The second-order valence-corrected chi connectivity index (χ2v) is 8.98. The van der Waals surface area contributed by atoms with E-state index in [2.05, 4.69) is 23.7 Å². The van der Waals surface area contributed by atoms with Crippen molar-refractivity contribution in [1.29, 1.82) is 0 Å². The van der Waals surface area contributed by atoms with Gasteiger partial charge in [-0.05, 0) is 39.3 Å². The predicted octanol–water partition coefficient (Wildman–Crippen LogP) is 1.47. The summed E-state index contributed by atoms with van der Waals surface area (Å²) in [7, 11) is 0. The van der Waals surface area contributed by atoms with Crippen molar-refractivity contribution in [3.05, 3.63) is 21.7 Å².